The predicted octanol–water partition coefficient (Wildman–Crippen LogP) is 5.94. The van der Waals surface area contributed by atoms with E-state index in [-0.39, 0.29) is 0 Å². The molecule has 0 bridgehead atoms. The molecule has 1 N–H and O–H groups in total. The Hall–Kier alpha value is -3.14. The summed E-state index contributed by atoms with van der Waals surface area (Å²) in [5, 5.41) is 3.48. The van der Waals surface area contributed by atoms with Crippen LogP contribution in [0.5, 0.6) is 17.2 Å². The molecule has 3 aromatic rings. The van der Waals surface area contributed by atoms with Gasteiger partial charge in [0.2, 0.25) is 0 Å². The molecule has 0 radical (unpaired) electrons. The number of nitrogens with one attached hydrogen (secondary N) is 1. The van der Waals surface area contributed by atoms with E-state index in [2.05, 4.69) is 18.3 Å². The van der Waals surface area contributed by atoms with Crippen molar-refractivity contribution in [1.29, 1.82) is 0 Å². The van der Waals surface area contributed by atoms with Gasteiger partial charge < -0.3 is 19.5 Å². The van der Waals surface area contributed by atoms with E-state index in [1.807, 2.05) is 72.8 Å². The second-order valence-corrected chi connectivity index (χ2v) is 6.67. The van der Waals surface area contributed by atoms with Crippen LogP contribution in [0.25, 0.3) is 0 Å². The largest absolute Gasteiger partial charge is 0.491 e. The van der Waals surface area contributed by atoms with Crippen molar-refractivity contribution in [2.24, 2.45) is 0 Å². The summed E-state index contributed by atoms with van der Waals surface area (Å²) in [6.07, 6.45) is 2.17. The maximum atomic E-state index is 5.96. The van der Waals surface area contributed by atoms with Gasteiger partial charge in [-0.05, 0) is 36.8 Å². The van der Waals surface area contributed by atoms with Crippen LogP contribution in [0.3, 0.4) is 0 Å². The lowest BCUT2D eigenvalue weighted by atomic mass is 10.2. The minimum absolute atomic E-state index is 0.489. The van der Waals surface area contributed by atoms with Crippen LogP contribution in [-0.4, -0.2) is 19.8 Å². The summed E-state index contributed by atoms with van der Waals surface area (Å²) in [4.78, 5) is 0. The minimum Gasteiger partial charge on any atom is -0.491 e. The van der Waals surface area contributed by atoms with Crippen LogP contribution in [0.15, 0.2) is 78.9 Å². The normalized spacial score (nSPS) is 10.4. The number of hydrogen-bond acceptors (Lipinski definition) is 4. The van der Waals surface area contributed by atoms with E-state index in [1.54, 1.807) is 0 Å². The topological polar surface area (TPSA) is 39.7 Å². The Labute approximate surface area is 173 Å². The Balaban J connectivity index is 1.53. The molecule has 0 unspecified atom stereocenters. The summed E-state index contributed by atoms with van der Waals surface area (Å²) in [5.74, 6) is 2.60. The zero-order valence-electron chi connectivity index (χ0n) is 17.0. The van der Waals surface area contributed by atoms with E-state index in [1.165, 1.54) is 0 Å². The minimum atomic E-state index is 0.489. The Kier molecular flexibility index (Phi) is 8.27. The van der Waals surface area contributed by atoms with E-state index < -0.39 is 0 Å². The van der Waals surface area contributed by atoms with Crippen LogP contribution in [0.1, 0.15) is 25.3 Å². The lowest BCUT2D eigenvalue weighted by Gasteiger charge is -2.15. The number of ether oxygens (including phenoxy) is 3. The zero-order chi connectivity index (χ0) is 20.2. The van der Waals surface area contributed by atoms with Gasteiger partial charge in [0.25, 0.3) is 0 Å². The van der Waals surface area contributed by atoms with Gasteiger partial charge >= 0.3 is 0 Å². The van der Waals surface area contributed by atoms with Crippen molar-refractivity contribution < 1.29 is 14.2 Å². The molecule has 0 aliphatic rings. The van der Waals surface area contributed by atoms with Gasteiger partial charge in [-0.3, -0.25) is 0 Å². The highest BCUT2D eigenvalue weighted by Gasteiger charge is 2.06. The number of unbranched alkanes of at least 4 members (excludes halogenated alkanes) is 1. The third-order valence-corrected chi connectivity index (χ3v) is 4.44. The van der Waals surface area contributed by atoms with Crippen molar-refractivity contribution in [3.8, 4) is 17.2 Å². The van der Waals surface area contributed by atoms with Gasteiger partial charge in [0.1, 0.15) is 30.5 Å². The highest BCUT2D eigenvalue weighted by Crippen LogP contribution is 2.26. The third kappa shape index (κ3) is 6.75. The highest BCUT2D eigenvalue weighted by atomic mass is 16.5. The Morgan fingerprint density at radius 1 is 0.655 bits per heavy atom. The first-order valence-electron chi connectivity index (χ1n) is 10.2. The number of rotatable bonds is 12. The third-order valence-electron chi connectivity index (χ3n) is 4.44. The van der Waals surface area contributed by atoms with Crippen LogP contribution >= 0.6 is 0 Å². The van der Waals surface area contributed by atoms with E-state index in [4.69, 9.17) is 14.2 Å². The summed E-state index contributed by atoms with van der Waals surface area (Å²) >= 11 is 0. The van der Waals surface area contributed by atoms with Gasteiger partial charge in [0.05, 0.1) is 12.3 Å². The summed E-state index contributed by atoms with van der Waals surface area (Å²) < 4.78 is 17.6. The fourth-order valence-electron chi connectivity index (χ4n) is 2.87. The molecule has 29 heavy (non-hydrogen) atoms. The molecule has 0 spiro atoms. The molecule has 0 saturated heterocycles. The molecule has 0 heterocycles. The average molecular weight is 392 g/mol. The maximum absolute atomic E-state index is 5.96. The number of hydrogen-bond donors (Lipinski definition) is 1. The molecule has 0 atom stereocenters. The molecule has 0 aromatic heterocycles. The number of para-hydroxylation sites is 4. The summed E-state index contributed by atoms with van der Waals surface area (Å²) in [6.45, 7) is 4.54. The Morgan fingerprint density at radius 2 is 1.31 bits per heavy atom. The molecule has 0 aliphatic heterocycles. The van der Waals surface area contributed by atoms with Gasteiger partial charge in [-0.1, -0.05) is 61.9 Å². The second kappa shape index (κ2) is 11.6. The van der Waals surface area contributed by atoms with Gasteiger partial charge in [0, 0.05) is 12.1 Å². The summed E-state index contributed by atoms with van der Waals surface area (Å²) in [5.41, 5.74) is 2.08. The smallest absolute Gasteiger partial charge is 0.142 e. The van der Waals surface area contributed by atoms with Crippen LogP contribution in [0.4, 0.5) is 5.69 Å². The van der Waals surface area contributed by atoms with Crippen LogP contribution in [-0.2, 0) is 6.54 Å². The first kappa shape index (κ1) is 20.6. The molecule has 0 fully saturated rings. The van der Waals surface area contributed by atoms with Gasteiger partial charge in [-0.2, -0.15) is 0 Å². The van der Waals surface area contributed by atoms with Gasteiger partial charge in [-0.15, -0.1) is 0 Å². The molecule has 4 nitrogen and oxygen atoms in total. The molecule has 4 heteroatoms. The molecule has 0 aliphatic carbocycles. The fraction of sp³-hybridized carbons (Fsp3) is 0.280. The van der Waals surface area contributed by atoms with Crippen molar-refractivity contribution >= 4 is 5.69 Å². The second-order valence-electron chi connectivity index (χ2n) is 6.67. The van der Waals surface area contributed by atoms with Crippen molar-refractivity contribution in [2.75, 3.05) is 25.1 Å². The Bertz CT molecular complexity index is 851. The molecule has 3 rings (SSSR count). The number of benzene rings is 3. The standard InChI is InChI=1S/C25H29NO3/c1-2-3-17-28-25-16-10-8-14-23(25)26-20-21-11-7-9-15-24(21)29-19-18-27-22-12-5-4-6-13-22/h4-16,26H,2-3,17-20H2,1H3. The predicted molar refractivity (Wildman–Crippen MR) is 118 cm³/mol. The van der Waals surface area contributed by atoms with Crippen molar-refractivity contribution in [3.63, 3.8) is 0 Å². The molecule has 152 valence electrons. The Morgan fingerprint density at radius 3 is 2.14 bits per heavy atom. The van der Waals surface area contributed by atoms with Crippen molar-refractivity contribution in [3.05, 3.63) is 84.4 Å². The van der Waals surface area contributed by atoms with E-state index in [0.717, 1.165) is 47.9 Å². The van der Waals surface area contributed by atoms with Crippen LogP contribution in [0.2, 0.25) is 0 Å². The quantitative estimate of drug-likeness (QED) is 0.388. The van der Waals surface area contributed by atoms with Gasteiger partial charge in [0.15, 0.2) is 0 Å². The van der Waals surface area contributed by atoms with Crippen molar-refractivity contribution in [2.45, 2.75) is 26.3 Å². The SMILES string of the molecule is CCCCOc1ccccc1NCc1ccccc1OCCOc1ccccc1. The lowest BCUT2D eigenvalue weighted by Crippen LogP contribution is -2.11. The summed E-state index contributed by atoms with van der Waals surface area (Å²) in [6, 6.07) is 25.9. The maximum Gasteiger partial charge on any atom is 0.142 e. The van der Waals surface area contributed by atoms with E-state index in [0.29, 0.717) is 19.8 Å². The molecule has 3 aromatic carbocycles. The van der Waals surface area contributed by atoms with Crippen molar-refractivity contribution in [1.82, 2.24) is 0 Å². The first-order valence-corrected chi connectivity index (χ1v) is 10.2. The molecule has 0 amide bonds. The van der Waals surface area contributed by atoms with Crippen LogP contribution in [0, 0.1) is 0 Å². The first-order chi connectivity index (χ1) is 14.4. The van der Waals surface area contributed by atoms with E-state index >= 15 is 0 Å². The number of anilines is 1. The van der Waals surface area contributed by atoms with Crippen LogP contribution < -0.4 is 19.5 Å². The fourth-order valence-corrected chi connectivity index (χ4v) is 2.87. The summed E-state index contributed by atoms with van der Waals surface area (Å²) in [7, 11) is 0. The molecule has 0 saturated carbocycles. The zero-order valence-corrected chi connectivity index (χ0v) is 17.0. The molecular formula is C25H29NO3. The highest BCUT2D eigenvalue weighted by molar-refractivity contribution is 5.56. The average Bonchev–Trinajstić information content (AvgIpc) is 2.77. The van der Waals surface area contributed by atoms with E-state index in [9.17, 15) is 0 Å². The lowest BCUT2D eigenvalue weighted by molar-refractivity contribution is 0.216. The molecular weight excluding hydrogens is 362 g/mol. The monoisotopic (exact) mass is 391 g/mol. The van der Waals surface area contributed by atoms with Gasteiger partial charge in [-0.25, -0.2) is 0 Å².